The number of rotatable bonds is 2. The van der Waals surface area contributed by atoms with E-state index in [1.807, 2.05) is 0 Å². The van der Waals surface area contributed by atoms with E-state index >= 15 is 0 Å². The number of aliphatic hydroxyl groups is 1. The monoisotopic (exact) mass is 230 g/mol. The first-order valence-electron chi connectivity index (χ1n) is 4.56. The Morgan fingerprint density at radius 2 is 2.00 bits per heavy atom. The molecule has 0 saturated heterocycles. The summed E-state index contributed by atoms with van der Waals surface area (Å²) in [6, 6.07) is 4.09. The minimum absolute atomic E-state index is 0.0884. The van der Waals surface area contributed by atoms with Gasteiger partial charge in [-0.3, -0.25) is 0 Å². The third-order valence-electron chi connectivity index (χ3n) is 2.59. The van der Waals surface area contributed by atoms with E-state index in [0.29, 0.717) is 12.8 Å². The van der Waals surface area contributed by atoms with Gasteiger partial charge in [0, 0.05) is 11.8 Å². The Bertz CT molecular complexity index is 503. The molecule has 0 atom stereocenters. The van der Waals surface area contributed by atoms with Crippen LogP contribution in [0.4, 0.5) is 4.39 Å². The lowest BCUT2D eigenvalue weighted by molar-refractivity contribution is 0.146. The number of hydrogen-bond donors (Lipinski definition) is 1. The summed E-state index contributed by atoms with van der Waals surface area (Å²) in [7, 11) is -3.57. The van der Waals surface area contributed by atoms with Crippen LogP contribution in [0.25, 0.3) is 0 Å². The summed E-state index contributed by atoms with van der Waals surface area (Å²) in [6.45, 7) is 0. The molecule has 1 fully saturated rings. The van der Waals surface area contributed by atoms with Crippen molar-refractivity contribution >= 4 is 9.84 Å². The molecule has 1 aliphatic carbocycles. The third kappa shape index (κ3) is 1.77. The van der Waals surface area contributed by atoms with Crippen LogP contribution in [0.3, 0.4) is 0 Å². The molecule has 1 aromatic carbocycles. The summed E-state index contributed by atoms with van der Waals surface area (Å²) < 4.78 is 36.2. The van der Waals surface area contributed by atoms with Crippen molar-refractivity contribution in [3.8, 4) is 0 Å². The van der Waals surface area contributed by atoms with E-state index in [9.17, 15) is 17.9 Å². The van der Waals surface area contributed by atoms with Gasteiger partial charge in [0.05, 0.1) is 5.60 Å². The highest BCUT2D eigenvalue weighted by atomic mass is 32.2. The van der Waals surface area contributed by atoms with Crippen LogP contribution in [0, 0.1) is 5.82 Å². The minimum atomic E-state index is -3.57. The van der Waals surface area contributed by atoms with Crippen LogP contribution in [-0.2, 0) is 15.4 Å². The van der Waals surface area contributed by atoms with Gasteiger partial charge in [-0.2, -0.15) is 0 Å². The summed E-state index contributed by atoms with van der Waals surface area (Å²) in [5.41, 5.74) is -1.06. The van der Waals surface area contributed by atoms with Crippen LogP contribution in [-0.4, -0.2) is 19.8 Å². The maximum Gasteiger partial charge on any atom is 0.178 e. The molecule has 15 heavy (non-hydrogen) atoms. The third-order valence-corrected chi connectivity index (χ3v) is 3.70. The molecule has 0 aromatic heterocycles. The Labute approximate surface area is 87.5 Å². The Morgan fingerprint density at radius 3 is 2.47 bits per heavy atom. The van der Waals surface area contributed by atoms with Crippen molar-refractivity contribution in [3.05, 3.63) is 29.6 Å². The summed E-state index contributed by atoms with van der Waals surface area (Å²) >= 11 is 0. The largest absolute Gasteiger partial charge is 0.385 e. The Kier molecular flexibility index (Phi) is 2.13. The van der Waals surface area contributed by atoms with Crippen molar-refractivity contribution in [1.29, 1.82) is 0 Å². The molecule has 82 valence electrons. The lowest BCUT2D eigenvalue weighted by Crippen LogP contribution is -2.11. The second-order valence-electron chi connectivity index (χ2n) is 3.92. The topological polar surface area (TPSA) is 54.4 Å². The normalized spacial score (nSPS) is 18.9. The van der Waals surface area contributed by atoms with Crippen LogP contribution in [0.5, 0.6) is 0 Å². The second kappa shape index (κ2) is 3.02. The van der Waals surface area contributed by atoms with Crippen LogP contribution in [0.1, 0.15) is 18.4 Å². The Balaban J connectivity index is 2.62. The highest BCUT2D eigenvalue weighted by Crippen LogP contribution is 2.46. The quantitative estimate of drug-likeness (QED) is 0.830. The molecule has 1 saturated carbocycles. The molecule has 0 aliphatic heterocycles. The van der Waals surface area contributed by atoms with Crippen LogP contribution >= 0.6 is 0 Å². The van der Waals surface area contributed by atoms with Gasteiger partial charge in [0.25, 0.3) is 0 Å². The lowest BCUT2D eigenvalue weighted by atomic mass is 10.1. The van der Waals surface area contributed by atoms with Gasteiger partial charge in [0.1, 0.15) is 10.7 Å². The molecule has 3 nitrogen and oxygen atoms in total. The SMILES string of the molecule is CS(=O)(=O)c1cccc(C2(O)CC2)c1F. The van der Waals surface area contributed by atoms with E-state index < -0.39 is 21.3 Å². The van der Waals surface area contributed by atoms with E-state index in [1.165, 1.54) is 18.2 Å². The van der Waals surface area contributed by atoms with E-state index in [-0.39, 0.29) is 10.5 Å². The summed E-state index contributed by atoms with van der Waals surface area (Å²) in [5, 5.41) is 9.74. The maximum atomic E-state index is 13.8. The molecule has 5 heteroatoms. The Morgan fingerprint density at radius 1 is 1.40 bits per heavy atom. The molecular weight excluding hydrogens is 219 g/mol. The van der Waals surface area contributed by atoms with Crippen LogP contribution in [0.2, 0.25) is 0 Å². The van der Waals surface area contributed by atoms with Gasteiger partial charge in [-0.05, 0) is 18.9 Å². The van der Waals surface area contributed by atoms with Crippen molar-refractivity contribution in [1.82, 2.24) is 0 Å². The smallest absolute Gasteiger partial charge is 0.178 e. The highest BCUT2D eigenvalue weighted by molar-refractivity contribution is 7.90. The minimum Gasteiger partial charge on any atom is -0.385 e. The maximum absolute atomic E-state index is 13.8. The van der Waals surface area contributed by atoms with Gasteiger partial charge in [-0.15, -0.1) is 0 Å². The summed E-state index contributed by atoms with van der Waals surface area (Å²) in [5.74, 6) is -0.819. The fraction of sp³-hybridized carbons (Fsp3) is 0.400. The van der Waals surface area contributed by atoms with E-state index in [1.54, 1.807) is 0 Å². The zero-order valence-electron chi connectivity index (χ0n) is 8.20. The summed E-state index contributed by atoms with van der Waals surface area (Å²) in [6.07, 6.45) is 1.92. The first kappa shape index (κ1) is 10.6. The van der Waals surface area contributed by atoms with Crippen LogP contribution < -0.4 is 0 Å². The van der Waals surface area contributed by atoms with Gasteiger partial charge >= 0.3 is 0 Å². The van der Waals surface area contributed by atoms with E-state index in [2.05, 4.69) is 0 Å². The van der Waals surface area contributed by atoms with Gasteiger partial charge in [-0.25, -0.2) is 12.8 Å². The van der Waals surface area contributed by atoms with E-state index in [0.717, 1.165) is 6.26 Å². The van der Waals surface area contributed by atoms with Crippen molar-refractivity contribution in [2.75, 3.05) is 6.26 Å². The zero-order chi connectivity index (χ0) is 11.3. The average Bonchev–Trinajstić information content (AvgIpc) is 2.83. The number of sulfone groups is 1. The molecule has 0 amide bonds. The fourth-order valence-corrected chi connectivity index (χ4v) is 2.31. The van der Waals surface area contributed by atoms with Crippen molar-refractivity contribution in [3.63, 3.8) is 0 Å². The lowest BCUT2D eigenvalue weighted by Gasteiger charge is -2.11. The standard InChI is InChI=1S/C10H11FO3S/c1-15(13,14)8-4-2-3-7(9(8)11)10(12)5-6-10/h2-4,12H,5-6H2,1H3. The summed E-state index contributed by atoms with van der Waals surface area (Å²) in [4.78, 5) is -0.347. The van der Waals surface area contributed by atoms with E-state index in [4.69, 9.17) is 0 Å². The number of hydrogen-bond acceptors (Lipinski definition) is 3. The Hall–Kier alpha value is -0.940. The number of halogens is 1. The first-order chi connectivity index (χ1) is 6.84. The predicted octanol–water partition coefficient (Wildman–Crippen LogP) is 1.21. The molecule has 1 N–H and O–H groups in total. The van der Waals surface area contributed by atoms with Gasteiger partial charge in [-0.1, -0.05) is 12.1 Å². The molecule has 0 heterocycles. The second-order valence-corrected chi connectivity index (χ2v) is 5.91. The fourth-order valence-electron chi connectivity index (χ4n) is 1.54. The molecule has 1 aromatic rings. The van der Waals surface area contributed by atoms with Gasteiger partial charge < -0.3 is 5.11 Å². The van der Waals surface area contributed by atoms with Crippen molar-refractivity contribution < 1.29 is 17.9 Å². The first-order valence-corrected chi connectivity index (χ1v) is 6.45. The molecule has 2 rings (SSSR count). The molecule has 0 spiro atoms. The van der Waals surface area contributed by atoms with Gasteiger partial charge in [0.2, 0.25) is 0 Å². The molecule has 0 radical (unpaired) electrons. The molecular formula is C10H11FO3S. The predicted molar refractivity (Wildman–Crippen MR) is 52.6 cm³/mol. The molecule has 1 aliphatic rings. The number of benzene rings is 1. The van der Waals surface area contributed by atoms with Crippen molar-refractivity contribution in [2.24, 2.45) is 0 Å². The van der Waals surface area contributed by atoms with Crippen LogP contribution in [0.15, 0.2) is 23.1 Å². The highest BCUT2D eigenvalue weighted by Gasteiger charge is 2.44. The average molecular weight is 230 g/mol. The molecule has 0 unspecified atom stereocenters. The zero-order valence-corrected chi connectivity index (χ0v) is 9.01. The molecule has 0 bridgehead atoms. The van der Waals surface area contributed by atoms with Crippen molar-refractivity contribution in [2.45, 2.75) is 23.3 Å². The van der Waals surface area contributed by atoms with Gasteiger partial charge in [0.15, 0.2) is 9.84 Å².